The lowest BCUT2D eigenvalue weighted by atomic mass is 9.99. The molecule has 1 fully saturated rings. The Morgan fingerprint density at radius 1 is 1.21 bits per heavy atom. The fraction of sp³-hybridized carbons (Fsp3) is 0.409. The fourth-order valence-corrected chi connectivity index (χ4v) is 3.60. The third-order valence-electron chi connectivity index (χ3n) is 5.21. The van der Waals surface area contributed by atoms with Gasteiger partial charge in [-0.15, -0.1) is 0 Å². The Bertz CT molecular complexity index is 823. The van der Waals surface area contributed by atoms with Crippen LogP contribution in [0.5, 0.6) is 0 Å². The zero-order chi connectivity index (χ0) is 19.9. The van der Waals surface area contributed by atoms with Gasteiger partial charge < -0.3 is 10.2 Å². The third kappa shape index (κ3) is 4.94. The minimum atomic E-state index is -0.277. The molecule has 1 aromatic carbocycles. The predicted octanol–water partition coefficient (Wildman–Crippen LogP) is 3.60. The van der Waals surface area contributed by atoms with Crippen molar-refractivity contribution in [3.05, 3.63) is 65.2 Å². The van der Waals surface area contributed by atoms with E-state index < -0.39 is 0 Å². The summed E-state index contributed by atoms with van der Waals surface area (Å²) in [5.74, 6) is -0.627. The van der Waals surface area contributed by atoms with E-state index in [4.69, 9.17) is 0 Å². The topological polar surface area (TPSA) is 62.3 Å². The molecule has 148 valence electrons. The number of halogens is 1. The van der Waals surface area contributed by atoms with Gasteiger partial charge in [0.2, 0.25) is 0 Å². The van der Waals surface area contributed by atoms with E-state index in [9.17, 15) is 14.0 Å². The van der Waals surface area contributed by atoms with E-state index in [2.05, 4.69) is 17.2 Å². The van der Waals surface area contributed by atoms with Gasteiger partial charge in [0, 0.05) is 30.9 Å². The number of pyridine rings is 1. The number of rotatable bonds is 6. The zero-order valence-corrected chi connectivity index (χ0v) is 16.2. The summed E-state index contributed by atoms with van der Waals surface area (Å²) >= 11 is 0. The number of carbonyl (C=O) groups is 2. The minimum Gasteiger partial charge on any atom is -0.352 e. The molecule has 6 heteroatoms. The molecule has 1 unspecified atom stereocenters. The first-order valence-electron chi connectivity index (χ1n) is 9.88. The van der Waals surface area contributed by atoms with Crippen LogP contribution in [0.4, 0.5) is 4.39 Å². The number of hydrogen-bond acceptors (Lipinski definition) is 3. The molecule has 1 aliphatic rings. The molecule has 0 radical (unpaired) electrons. The Morgan fingerprint density at radius 2 is 2.00 bits per heavy atom. The van der Waals surface area contributed by atoms with Gasteiger partial charge in [-0.1, -0.05) is 19.1 Å². The molecule has 2 amide bonds. The van der Waals surface area contributed by atoms with E-state index in [1.165, 1.54) is 18.3 Å². The normalized spacial score (nSPS) is 16.6. The van der Waals surface area contributed by atoms with E-state index in [0.717, 1.165) is 37.8 Å². The Hall–Kier alpha value is -2.76. The number of piperidine rings is 1. The van der Waals surface area contributed by atoms with Crippen molar-refractivity contribution >= 4 is 11.8 Å². The van der Waals surface area contributed by atoms with Gasteiger partial charge in [-0.3, -0.25) is 14.6 Å². The van der Waals surface area contributed by atoms with Crippen LogP contribution in [-0.4, -0.2) is 40.8 Å². The van der Waals surface area contributed by atoms with Crippen molar-refractivity contribution in [3.63, 3.8) is 0 Å². The maximum absolute atomic E-state index is 12.9. The maximum Gasteiger partial charge on any atom is 0.272 e. The van der Waals surface area contributed by atoms with Crippen LogP contribution in [0.15, 0.2) is 42.6 Å². The summed E-state index contributed by atoms with van der Waals surface area (Å²) in [6, 6.07) is 9.63. The molecule has 0 bridgehead atoms. The molecule has 0 saturated carbocycles. The first kappa shape index (κ1) is 20.0. The monoisotopic (exact) mass is 383 g/mol. The SMILES string of the molecule is CCC1CCCCN1C(=O)c1cc(C(=O)NCCc2ccc(F)cc2)ccn1. The van der Waals surface area contributed by atoms with E-state index in [0.29, 0.717) is 24.2 Å². The number of carbonyl (C=O) groups excluding carboxylic acids is 2. The van der Waals surface area contributed by atoms with Crippen molar-refractivity contribution in [1.82, 2.24) is 15.2 Å². The second-order valence-corrected chi connectivity index (χ2v) is 7.12. The lowest BCUT2D eigenvalue weighted by molar-refractivity contribution is 0.0602. The summed E-state index contributed by atoms with van der Waals surface area (Å²) in [4.78, 5) is 31.4. The van der Waals surface area contributed by atoms with Gasteiger partial charge in [-0.25, -0.2) is 4.39 Å². The average Bonchev–Trinajstić information content (AvgIpc) is 2.74. The van der Waals surface area contributed by atoms with E-state index in [-0.39, 0.29) is 23.7 Å². The smallest absolute Gasteiger partial charge is 0.272 e. The molecule has 1 aromatic heterocycles. The molecule has 2 aromatic rings. The number of amides is 2. The summed E-state index contributed by atoms with van der Waals surface area (Å²) in [7, 11) is 0. The van der Waals surface area contributed by atoms with Crippen LogP contribution >= 0.6 is 0 Å². The van der Waals surface area contributed by atoms with Crippen LogP contribution in [0.25, 0.3) is 0 Å². The third-order valence-corrected chi connectivity index (χ3v) is 5.21. The van der Waals surface area contributed by atoms with Crippen LogP contribution in [-0.2, 0) is 6.42 Å². The molecular formula is C22H26FN3O2. The molecule has 3 rings (SSSR count). The van der Waals surface area contributed by atoms with Crippen molar-refractivity contribution in [2.45, 2.75) is 45.1 Å². The highest BCUT2D eigenvalue weighted by Crippen LogP contribution is 2.21. The Kier molecular flexibility index (Phi) is 6.74. The van der Waals surface area contributed by atoms with Crippen LogP contribution in [0.2, 0.25) is 0 Å². The Morgan fingerprint density at radius 3 is 2.75 bits per heavy atom. The molecule has 1 atom stereocenters. The van der Waals surface area contributed by atoms with Crippen molar-refractivity contribution < 1.29 is 14.0 Å². The Balaban J connectivity index is 1.60. The summed E-state index contributed by atoms with van der Waals surface area (Å²) in [6.45, 7) is 3.27. The number of benzene rings is 1. The van der Waals surface area contributed by atoms with Crippen molar-refractivity contribution in [1.29, 1.82) is 0 Å². The van der Waals surface area contributed by atoms with E-state index in [1.807, 2.05) is 4.90 Å². The number of hydrogen-bond donors (Lipinski definition) is 1. The van der Waals surface area contributed by atoms with Gasteiger partial charge in [-0.05, 0) is 61.9 Å². The van der Waals surface area contributed by atoms with E-state index in [1.54, 1.807) is 24.3 Å². The summed E-state index contributed by atoms with van der Waals surface area (Å²) in [5.41, 5.74) is 1.68. The van der Waals surface area contributed by atoms with Gasteiger partial charge >= 0.3 is 0 Å². The fourth-order valence-electron chi connectivity index (χ4n) is 3.60. The highest BCUT2D eigenvalue weighted by Gasteiger charge is 2.27. The second kappa shape index (κ2) is 9.44. The highest BCUT2D eigenvalue weighted by atomic mass is 19.1. The standard InChI is InChI=1S/C22H26FN3O2/c1-2-19-5-3-4-14-26(19)22(28)20-15-17(11-13-24-20)21(27)25-12-10-16-6-8-18(23)9-7-16/h6-9,11,13,15,19H,2-5,10,12,14H2,1H3,(H,25,27). The lowest BCUT2D eigenvalue weighted by Crippen LogP contribution is -2.43. The van der Waals surface area contributed by atoms with Gasteiger partial charge in [-0.2, -0.15) is 0 Å². The maximum atomic E-state index is 12.9. The first-order chi connectivity index (χ1) is 13.6. The Labute approximate surface area is 165 Å². The minimum absolute atomic E-state index is 0.104. The van der Waals surface area contributed by atoms with E-state index >= 15 is 0 Å². The highest BCUT2D eigenvalue weighted by molar-refractivity contribution is 5.98. The molecule has 1 N–H and O–H groups in total. The number of nitrogens with one attached hydrogen (secondary N) is 1. The summed E-state index contributed by atoms with van der Waals surface area (Å²) in [6.07, 6.45) is 6.21. The van der Waals surface area contributed by atoms with Crippen molar-refractivity contribution in [2.24, 2.45) is 0 Å². The average molecular weight is 383 g/mol. The molecule has 5 nitrogen and oxygen atoms in total. The molecule has 0 aliphatic carbocycles. The van der Waals surface area contributed by atoms with Crippen LogP contribution in [0.1, 0.15) is 59.0 Å². The molecule has 1 saturated heterocycles. The second-order valence-electron chi connectivity index (χ2n) is 7.12. The molecule has 1 aliphatic heterocycles. The van der Waals surface area contributed by atoms with Gasteiger partial charge in [0.15, 0.2) is 0 Å². The first-order valence-corrected chi connectivity index (χ1v) is 9.88. The predicted molar refractivity (Wildman–Crippen MR) is 106 cm³/mol. The summed E-state index contributed by atoms with van der Waals surface area (Å²) < 4.78 is 12.9. The number of nitrogens with zero attached hydrogens (tertiary/aromatic N) is 2. The number of aromatic nitrogens is 1. The van der Waals surface area contributed by atoms with Gasteiger partial charge in [0.1, 0.15) is 11.5 Å². The number of likely N-dealkylation sites (tertiary alicyclic amines) is 1. The largest absolute Gasteiger partial charge is 0.352 e. The molecule has 28 heavy (non-hydrogen) atoms. The van der Waals surface area contributed by atoms with Crippen LogP contribution in [0.3, 0.4) is 0 Å². The van der Waals surface area contributed by atoms with Crippen LogP contribution < -0.4 is 5.32 Å². The van der Waals surface area contributed by atoms with Crippen LogP contribution in [0, 0.1) is 5.82 Å². The molecular weight excluding hydrogens is 357 g/mol. The lowest BCUT2D eigenvalue weighted by Gasteiger charge is -2.35. The zero-order valence-electron chi connectivity index (χ0n) is 16.2. The summed E-state index contributed by atoms with van der Waals surface area (Å²) in [5, 5.41) is 2.84. The van der Waals surface area contributed by atoms with Crippen molar-refractivity contribution in [3.8, 4) is 0 Å². The molecule has 2 heterocycles. The van der Waals surface area contributed by atoms with Gasteiger partial charge in [0.25, 0.3) is 11.8 Å². The molecule has 0 spiro atoms. The van der Waals surface area contributed by atoms with Gasteiger partial charge in [0.05, 0.1) is 0 Å². The van der Waals surface area contributed by atoms with Crippen molar-refractivity contribution in [2.75, 3.05) is 13.1 Å². The quantitative estimate of drug-likeness (QED) is 0.829.